The van der Waals surface area contributed by atoms with E-state index in [4.69, 9.17) is 0 Å². The Balaban J connectivity index is 4.32. The molecule has 2 atom stereocenters. The Morgan fingerprint density at radius 1 is 1.14 bits per heavy atom. The summed E-state index contributed by atoms with van der Waals surface area (Å²) in [5, 5.41) is 10.2. The molecule has 86 valence electrons. The maximum atomic E-state index is 10.2. The highest BCUT2D eigenvalue weighted by atomic mass is 16.3. The van der Waals surface area contributed by atoms with Crippen LogP contribution in [-0.4, -0.2) is 11.2 Å². The molecule has 2 unspecified atom stereocenters. The Morgan fingerprint density at radius 3 is 1.93 bits per heavy atom. The van der Waals surface area contributed by atoms with Crippen LogP contribution in [-0.2, 0) is 0 Å². The molecule has 14 heavy (non-hydrogen) atoms. The van der Waals surface area contributed by atoms with E-state index < -0.39 is 0 Å². The average molecular weight is 200 g/mol. The van der Waals surface area contributed by atoms with Crippen LogP contribution >= 0.6 is 0 Å². The first-order valence-electron chi connectivity index (χ1n) is 5.97. The van der Waals surface area contributed by atoms with Crippen molar-refractivity contribution in [1.82, 2.24) is 0 Å². The zero-order valence-electron chi connectivity index (χ0n) is 10.8. The summed E-state index contributed by atoms with van der Waals surface area (Å²) in [6.07, 6.45) is 3.30. The van der Waals surface area contributed by atoms with Gasteiger partial charge in [0.15, 0.2) is 0 Å². The van der Waals surface area contributed by atoms with Crippen molar-refractivity contribution in [1.29, 1.82) is 0 Å². The second-order valence-electron chi connectivity index (χ2n) is 5.99. The van der Waals surface area contributed by atoms with Gasteiger partial charge in [-0.05, 0) is 30.1 Å². The van der Waals surface area contributed by atoms with Crippen LogP contribution in [0.3, 0.4) is 0 Å². The molecule has 0 rings (SSSR count). The molecule has 0 bridgehead atoms. The monoisotopic (exact) mass is 200 g/mol. The van der Waals surface area contributed by atoms with Crippen LogP contribution in [0.4, 0.5) is 0 Å². The van der Waals surface area contributed by atoms with E-state index in [9.17, 15) is 5.11 Å². The quantitative estimate of drug-likeness (QED) is 0.714. The van der Waals surface area contributed by atoms with E-state index in [1.54, 1.807) is 0 Å². The van der Waals surface area contributed by atoms with Crippen LogP contribution in [0.15, 0.2) is 0 Å². The van der Waals surface area contributed by atoms with Crippen LogP contribution in [0.1, 0.15) is 60.8 Å². The Hall–Kier alpha value is -0.0400. The summed E-state index contributed by atoms with van der Waals surface area (Å²) in [5.41, 5.74) is 0.0225. The van der Waals surface area contributed by atoms with Gasteiger partial charge >= 0.3 is 0 Å². The average Bonchev–Trinajstić information content (AvgIpc) is 2.00. The van der Waals surface area contributed by atoms with Gasteiger partial charge < -0.3 is 5.11 Å². The first kappa shape index (κ1) is 14.0. The lowest BCUT2D eigenvalue weighted by Gasteiger charge is -2.34. The van der Waals surface area contributed by atoms with Crippen molar-refractivity contribution in [2.45, 2.75) is 66.9 Å². The van der Waals surface area contributed by atoms with Crippen LogP contribution < -0.4 is 0 Å². The molecule has 1 heteroatoms. The van der Waals surface area contributed by atoms with Gasteiger partial charge in [-0.3, -0.25) is 0 Å². The minimum Gasteiger partial charge on any atom is -0.392 e. The minimum atomic E-state index is -0.162. The first-order chi connectivity index (χ1) is 6.29. The van der Waals surface area contributed by atoms with Crippen molar-refractivity contribution in [3.05, 3.63) is 0 Å². The molecule has 0 saturated carbocycles. The second kappa shape index (κ2) is 5.75. The van der Waals surface area contributed by atoms with Crippen molar-refractivity contribution in [2.24, 2.45) is 17.3 Å². The summed E-state index contributed by atoms with van der Waals surface area (Å²) in [6.45, 7) is 13.0. The minimum absolute atomic E-state index is 0.0225. The maximum Gasteiger partial charge on any atom is 0.0616 e. The lowest BCUT2D eigenvalue weighted by atomic mass is 9.76. The number of hydrogen-bond donors (Lipinski definition) is 1. The Bertz CT molecular complexity index is 144. The van der Waals surface area contributed by atoms with Gasteiger partial charge in [-0.2, -0.15) is 0 Å². The highest BCUT2D eigenvalue weighted by Crippen LogP contribution is 2.31. The van der Waals surface area contributed by atoms with Gasteiger partial charge in [0.2, 0.25) is 0 Å². The Labute approximate surface area is 89.9 Å². The van der Waals surface area contributed by atoms with Gasteiger partial charge in [0.05, 0.1) is 6.10 Å². The maximum absolute atomic E-state index is 10.2. The van der Waals surface area contributed by atoms with E-state index in [1.165, 1.54) is 6.42 Å². The molecule has 0 heterocycles. The zero-order chi connectivity index (χ0) is 11.4. The van der Waals surface area contributed by atoms with Crippen LogP contribution in [0.2, 0.25) is 0 Å². The zero-order valence-corrected chi connectivity index (χ0v) is 10.8. The van der Waals surface area contributed by atoms with Gasteiger partial charge in [0.1, 0.15) is 0 Å². The normalized spacial score (nSPS) is 17.1. The number of aliphatic hydroxyl groups is 1. The fourth-order valence-corrected chi connectivity index (χ4v) is 2.09. The number of rotatable bonds is 5. The smallest absolute Gasteiger partial charge is 0.0616 e. The molecule has 1 N–H and O–H groups in total. The van der Waals surface area contributed by atoms with E-state index in [0.29, 0.717) is 11.8 Å². The van der Waals surface area contributed by atoms with Crippen molar-refractivity contribution < 1.29 is 5.11 Å². The topological polar surface area (TPSA) is 20.2 Å². The van der Waals surface area contributed by atoms with E-state index in [1.807, 2.05) is 0 Å². The summed E-state index contributed by atoms with van der Waals surface area (Å²) in [4.78, 5) is 0. The molecular formula is C13H28O. The fourth-order valence-electron chi connectivity index (χ4n) is 2.09. The SMILES string of the molecule is CCCC(CC(C)C)C(O)C(C)(C)C. The summed E-state index contributed by atoms with van der Waals surface area (Å²) in [7, 11) is 0. The molecule has 0 aromatic carbocycles. The third kappa shape index (κ3) is 4.99. The summed E-state index contributed by atoms with van der Waals surface area (Å²) < 4.78 is 0. The van der Waals surface area contributed by atoms with Crippen LogP contribution in [0.5, 0.6) is 0 Å². The second-order valence-corrected chi connectivity index (χ2v) is 5.99. The van der Waals surface area contributed by atoms with Crippen molar-refractivity contribution in [2.75, 3.05) is 0 Å². The standard InChI is InChI=1S/C13H28O/c1-7-8-11(9-10(2)3)12(14)13(4,5)6/h10-12,14H,7-9H2,1-6H3. The molecule has 0 spiro atoms. The molecule has 0 aromatic heterocycles. The van der Waals surface area contributed by atoms with Crippen molar-refractivity contribution >= 4 is 0 Å². The van der Waals surface area contributed by atoms with E-state index >= 15 is 0 Å². The third-order valence-electron chi connectivity index (χ3n) is 2.77. The molecule has 0 radical (unpaired) electrons. The summed E-state index contributed by atoms with van der Waals surface area (Å²) in [6, 6.07) is 0. The predicted octanol–water partition coefficient (Wildman–Crippen LogP) is 3.86. The van der Waals surface area contributed by atoms with Gasteiger partial charge in [-0.1, -0.05) is 48.0 Å². The molecule has 0 amide bonds. The highest BCUT2D eigenvalue weighted by molar-refractivity contribution is 4.80. The molecule has 0 aromatic rings. The van der Waals surface area contributed by atoms with Gasteiger partial charge in [-0.25, -0.2) is 0 Å². The first-order valence-corrected chi connectivity index (χ1v) is 5.97. The van der Waals surface area contributed by atoms with E-state index in [2.05, 4.69) is 41.5 Å². The van der Waals surface area contributed by atoms with Crippen LogP contribution in [0.25, 0.3) is 0 Å². The molecule has 0 aliphatic heterocycles. The molecule has 0 saturated heterocycles. The molecule has 1 nitrogen and oxygen atoms in total. The van der Waals surface area contributed by atoms with E-state index in [-0.39, 0.29) is 11.5 Å². The van der Waals surface area contributed by atoms with Gasteiger partial charge in [0.25, 0.3) is 0 Å². The van der Waals surface area contributed by atoms with Gasteiger partial charge in [0, 0.05) is 0 Å². The van der Waals surface area contributed by atoms with Crippen molar-refractivity contribution in [3.63, 3.8) is 0 Å². The lowest BCUT2D eigenvalue weighted by Crippen LogP contribution is -2.34. The summed E-state index contributed by atoms with van der Waals surface area (Å²) >= 11 is 0. The third-order valence-corrected chi connectivity index (χ3v) is 2.77. The number of hydrogen-bond acceptors (Lipinski definition) is 1. The number of aliphatic hydroxyl groups excluding tert-OH is 1. The molecule has 0 aliphatic rings. The predicted molar refractivity (Wildman–Crippen MR) is 63.3 cm³/mol. The lowest BCUT2D eigenvalue weighted by molar-refractivity contribution is 0.000576. The molecule has 0 fully saturated rings. The van der Waals surface area contributed by atoms with Crippen LogP contribution in [0, 0.1) is 17.3 Å². The Kier molecular flexibility index (Phi) is 5.73. The molecule has 0 aliphatic carbocycles. The molecular weight excluding hydrogens is 172 g/mol. The highest BCUT2D eigenvalue weighted by Gasteiger charge is 2.29. The Morgan fingerprint density at radius 2 is 1.64 bits per heavy atom. The largest absolute Gasteiger partial charge is 0.392 e. The fraction of sp³-hybridized carbons (Fsp3) is 1.00. The van der Waals surface area contributed by atoms with Gasteiger partial charge in [-0.15, -0.1) is 0 Å². The summed E-state index contributed by atoms with van der Waals surface area (Å²) in [5.74, 6) is 1.16. The van der Waals surface area contributed by atoms with Crippen molar-refractivity contribution in [3.8, 4) is 0 Å². The van der Waals surface area contributed by atoms with E-state index in [0.717, 1.165) is 12.8 Å².